The van der Waals surface area contributed by atoms with Crippen molar-refractivity contribution in [1.82, 2.24) is 29.3 Å². The van der Waals surface area contributed by atoms with Crippen LogP contribution >= 0.6 is 11.6 Å². The number of rotatable bonds is 23. The van der Waals surface area contributed by atoms with Crippen LogP contribution in [0.4, 0.5) is 37.5 Å². The predicted molar refractivity (Wildman–Crippen MR) is 291 cm³/mol. The number of aliphatic hydroxyl groups excluding tert-OH is 1. The minimum Gasteiger partial charge on any atom is -0.496 e. The summed E-state index contributed by atoms with van der Waals surface area (Å²) in [7, 11) is 3.42. The van der Waals surface area contributed by atoms with Gasteiger partial charge in [0.25, 0.3) is 0 Å². The number of aryl methyl sites for hydroxylation is 1. The van der Waals surface area contributed by atoms with Gasteiger partial charge in [-0.15, -0.1) is 0 Å². The van der Waals surface area contributed by atoms with Crippen molar-refractivity contribution in [2.24, 2.45) is 23.2 Å². The maximum atomic E-state index is 13.4. The van der Waals surface area contributed by atoms with E-state index in [2.05, 4.69) is 39.8 Å². The summed E-state index contributed by atoms with van der Waals surface area (Å²) in [6.07, 6.45) is 7.29. The number of unbranched alkanes of at least 4 members (excludes halogenated alkanes) is 6. The highest BCUT2D eigenvalue weighted by Gasteiger charge is 2.57. The van der Waals surface area contributed by atoms with E-state index >= 15 is 0 Å². The molecule has 2 saturated carbocycles. The fraction of sp³-hybridized carbons (Fsp3) is 0.632. The van der Waals surface area contributed by atoms with Crippen molar-refractivity contribution in [1.29, 1.82) is 0 Å². The number of nitrogens with zero attached hydrogens (tertiary/aromatic N) is 6. The lowest BCUT2D eigenvalue weighted by molar-refractivity contribution is -0.284. The highest BCUT2D eigenvalue weighted by Crippen LogP contribution is 2.63. The van der Waals surface area contributed by atoms with Crippen LogP contribution in [0, 0.1) is 48.9 Å². The van der Waals surface area contributed by atoms with Crippen LogP contribution in [0.5, 0.6) is 11.5 Å². The van der Waals surface area contributed by atoms with Gasteiger partial charge in [0.15, 0.2) is 0 Å². The number of nitrogens with two attached hydrogens (primary N) is 1. The van der Waals surface area contributed by atoms with Crippen LogP contribution in [0.15, 0.2) is 30.6 Å². The molecule has 3 aliphatic carbocycles. The van der Waals surface area contributed by atoms with Crippen LogP contribution in [-0.2, 0) is 28.5 Å². The monoisotopic (exact) mass is 1130 g/mol. The van der Waals surface area contributed by atoms with Gasteiger partial charge in [0.1, 0.15) is 28.9 Å². The molecule has 7 atom stereocenters. The number of nitrogen functional groups attached to an aromatic ring is 1. The summed E-state index contributed by atoms with van der Waals surface area (Å²) >= 11 is 6.55. The standard InChI is InChI=1S/C57H75ClF5N7O7S/c1-36-33-65-45(37(2)49(36)75-6)35-70-34-39(48-50(58)66-52(64)67-51(48)70)18-13-14-28-76-53(72)68(4)26-27-69(5)54(73)77-41-19-20-42-40(32-41)31-38(47-43(42)23-25-55(3)44(47)21-22-46(55)71)17-12-10-8-7-9-11-15-29-78(74)30-16-24-56(59,60)57(61,62)63/h19-20,32-34,38,43-44,46-47,71H,7-12,14-17,21-31,35H2,1-6H3,(H2,64,66,67)/t38-,43-,44+,46+,47?,55+,78?/m1/s1. The van der Waals surface area contributed by atoms with Gasteiger partial charge in [0.2, 0.25) is 5.95 Å². The van der Waals surface area contributed by atoms with Crippen LogP contribution in [0.1, 0.15) is 143 Å². The number of carbonyl (C=O) groups excluding carboxylic acids is 2. The van der Waals surface area contributed by atoms with Gasteiger partial charge in [-0.1, -0.05) is 75.0 Å². The number of likely N-dealkylation sites (N-methyl/N-ethyl adjacent to an activating group) is 2. The molecule has 78 heavy (non-hydrogen) atoms. The molecule has 2 unspecified atom stereocenters. The second kappa shape index (κ2) is 26.3. The Hall–Kier alpha value is -5.26. The fourth-order valence-corrected chi connectivity index (χ4v) is 13.7. The van der Waals surface area contributed by atoms with E-state index in [0.29, 0.717) is 64.7 Å². The van der Waals surface area contributed by atoms with E-state index < -0.39 is 47.9 Å². The number of carbonyl (C=O) groups is 2. The first kappa shape index (κ1) is 60.4. The maximum absolute atomic E-state index is 13.4. The van der Waals surface area contributed by atoms with Gasteiger partial charge in [0, 0.05) is 85.9 Å². The average molecular weight is 1130 g/mol. The summed E-state index contributed by atoms with van der Waals surface area (Å²) in [5.74, 6) is 4.45. The topological polar surface area (TPSA) is 175 Å². The van der Waals surface area contributed by atoms with E-state index in [-0.39, 0.29) is 54.5 Å². The van der Waals surface area contributed by atoms with E-state index in [1.807, 2.05) is 36.7 Å². The van der Waals surface area contributed by atoms with Gasteiger partial charge in [-0.25, -0.2) is 14.6 Å². The van der Waals surface area contributed by atoms with Crippen LogP contribution in [0.3, 0.4) is 0 Å². The number of hydrogen-bond donors (Lipinski definition) is 2. The molecule has 0 bridgehead atoms. The van der Waals surface area contributed by atoms with Crippen LogP contribution in [-0.4, -0.2) is 121 Å². The molecule has 0 aliphatic heterocycles. The highest BCUT2D eigenvalue weighted by molar-refractivity contribution is 7.84. The Morgan fingerprint density at radius 3 is 2.38 bits per heavy atom. The third kappa shape index (κ3) is 14.4. The minimum absolute atomic E-state index is 0.0210. The summed E-state index contributed by atoms with van der Waals surface area (Å²) in [5.41, 5.74) is 12.0. The fourth-order valence-electron chi connectivity index (χ4n) is 12.2. The van der Waals surface area contributed by atoms with E-state index in [4.69, 9.17) is 31.5 Å². The molecule has 1 aromatic carbocycles. The molecule has 428 valence electrons. The van der Waals surface area contributed by atoms with E-state index in [9.17, 15) is 40.9 Å². The van der Waals surface area contributed by atoms with E-state index in [0.717, 1.165) is 99.6 Å². The van der Waals surface area contributed by atoms with Crippen molar-refractivity contribution in [3.05, 3.63) is 69.3 Å². The zero-order chi connectivity index (χ0) is 56.5. The van der Waals surface area contributed by atoms with Crippen molar-refractivity contribution in [3.8, 4) is 23.3 Å². The largest absolute Gasteiger partial charge is 0.496 e. The summed E-state index contributed by atoms with van der Waals surface area (Å²) in [5, 5.41) is 11.9. The summed E-state index contributed by atoms with van der Waals surface area (Å²) < 4.78 is 94.7. The third-order valence-electron chi connectivity index (χ3n) is 16.6. The lowest BCUT2D eigenvalue weighted by Gasteiger charge is -2.53. The number of methoxy groups -OCH3 is 1. The molecule has 2 amide bonds. The van der Waals surface area contributed by atoms with Crippen molar-refractivity contribution >= 4 is 51.6 Å². The van der Waals surface area contributed by atoms with Gasteiger partial charge >= 0.3 is 24.3 Å². The minimum atomic E-state index is -5.58. The Bertz CT molecular complexity index is 2840. The van der Waals surface area contributed by atoms with Gasteiger partial charge < -0.3 is 39.4 Å². The molecule has 0 spiro atoms. The third-order valence-corrected chi connectivity index (χ3v) is 18.3. The lowest BCUT2D eigenvalue weighted by Crippen LogP contribution is -2.47. The van der Waals surface area contributed by atoms with Gasteiger partial charge in [-0.2, -0.15) is 26.9 Å². The quantitative estimate of drug-likeness (QED) is 0.0313. The molecule has 3 aromatic heterocycles. The van der Waals surface area contributed by atoms with Gasteiger partial charge in [-0.3, -0.25) is 9.19 Å². The van der Waals surface area contributed by atoms with Crippen molar-refractivity contribution in [3.63, 3.8) is 0 Å². The molecule has 21 heteroatoms. The predicted octanol–water partition coefficient (Wildman–Crippen LogP) is 12.0. The Morgan fingerprint density at radius 2 is 1.67 bits per heavy atom. The number of amides is 2. The summed E-state index contributed by atoms with van der Waals surface area (Å²) in [4.78, 5) is 42.4. The summed E-state index contributed by atoms with van der Waals surface area (Å²) in [6, 6.07) is 6.01. The Labute approximate surface area is 462 Å². The number of fused-ring (bicyclic) bond motifs is 6. The zero-order valence-electron chi connectivity index (χ0n) is 45.7. The normalized spacial score (nSPS) is 21.2. The van der Waals surface area contributed by atoms with Crippen LogP contribution in [0.25, 0.3) is 11.0 Å². The number of halogens is 6. The molecule has 0 radical (unpaired) electrons. The molecule has 14 nitrogen and oxygen atoms in total. The molecular weight excluding hydrogens is 1060 g/mol. The number of anilines is 1. The smallest absolute Gasteiger partial charge is 0.453 e. The van der Waals surface area contributed by atoms with Gasteiger partial charge in [0.05, 0.1) is 36.4 Å². The average Bonchev–Trinajstić information content (AvgIpc) is 3.95. The Kier molecular flexibility index (Phi) is 20.4. The molecule has 3 aliphatic rings. The van der Waals surface area contributed by atoms with Crippen molar-refractivity contribution in [2.75, 3.05) is 58.1 Å². The molecule has 2 fully saturated rings. The van der Waals surface area contributed by atoms with E-state index in [1.165, 1.54) is 20.9 Å². The van der Waals surface area contributed by atoms with Crippen molar-refractivity contribution in [2.45, 2.75) is 154 Å². The van der Waals surface area contributed by atoms with Crippen LogP contribution in [0.2, 0.25) is 5.15 Å². The first-order valence-corrected chi connectivity index (χ1v) is 29.1. The molecule has 7 rings (SSSR count). The number of benzene rings is 1. The second-order valence-electron chi connectivity index (χ2n) is 21.8. The zero-order valence-corrected chi connectivity index (χ0v) is 47.2. The number of alkyl halides is 5. The molecule has 3 N–H and O–H groups in total. The Morgan fingerprint density at radius 1 is 0.974 bits per heavy atom. The first-order valence-electron chi connectivity index (χ1n) is 27.2. The number of hydrogen-bond acceptors (Lipinski definition) is 11. The molecule has 4 aromatic rings. The van der Waals surface area contributed by atoms with Crippen molar-refractivity contribution < 1.29 is 55.1 Å². The van der Waals surface area contributed by atoms with Gasteiger partial charge in [-0.05, 0) is 118 Å². The number of aliphatic hydroxyl groups is 1. The Balaban J connectivity index is 0.858. The number of aromatic nitrogens is 4. The number of pyridine rings is 1. The van der Waals surface area contributed by atoms with E-state index in [1.54, 1.807) is 27.4 Å². The highest BCUT2D eigenvalue weighted by atomic mass is 35.5. The molecule has 0 saturated heterocycles. The molecular formula is C57H75ClF5N7O7S. The SMILES string of the molecule is COc1c(C)cnc(Cn2cc(C#CCCOC(=O)N(C)CCN(C)C(=O)Oc3ccc4c(c3)C[C@@H](CCCCCCCCCS(=O)CCCC(F)(F)C(F)(F)F)C3[C@@H]4CC[C@]4(C)[C@@H](O)CC[C@@H]34)c3c(Cl)nc(N)nc32)c1C. The second-order valence-corrected chi connectivity index (χ2v) is 23.9. The maximum Gasteiger partial charge on any atom is 0.453 e. The van der Waals surface area contributed by atoms with Crippen LogP contribution < -0.4 is 15.2 Å². The lowest BCUT2D eigenvalue weighted by atomic mass is 9.52. The molecule has 3 heterocycles. The summed E-state index contributed by atoms with van der Waals surface area (Å²) in [6.45, 7) is 6.91. The first-order chi connectivity index (χ1) is 37.0. The number of ether oxygens (including phenoxy) is 3.